The summed E-state index contributed by atoms with van der Waals surface area (Å²) in [5.74, 6) is 0. The van der Waals surface area contributed by atoms with E-state index >= 15 is 0 Å². The van der Waals surface area contributed by atoms with Crippen LogP contribution in [0.3, 0.4) is 0 Å². The van der Waals surface area contributed by atoms with E-state index in [0.29, 0.717) is 0 Å². The minimum Gasteiger partial charge on any atom is -2.00 e. The fraction of sp³-hybridized carbons (Fsp3) is 0. The van der Waals surface area contributed by atoms with Crippen molar-refractivity contribution in [2.75, 3.05) is 0 Å². The predicted octanol–water partition coefficient (Wildman–Crippen LogP) is -0.480. The first-order valence-electron chi connectivity index (χ1n) is 0. The molecule has 0 N–H and O–H groups in total. The van der Waals surface area contributed by atoms with Gasteiger partial charge in [-0.2, -0.15) is 0 Å². The van der Waals surface area contributed by atoms with Gasteiger partial charge in [-0.05, 0) is 0 Å². The summed E-state index contributed by atoms with van der Waals surface area (Å²) < 4.78 is 0. The predicted molar refractivity (Wildman–Crippen MR) is 2.75 cm³/mol. The molecule has 40 valence electrons. The Hall–Kier alpha value is 1.02. The SMILES string of the molecule is [Mo+6].[Ni+2].[O-2].[O-2].[O-2].[O-2]. The first kappa shape index (κ1) is 244. The summed E-state index contributed by atoms with van der Waals surface area (Å²) in [6, 6.07) is 0. The van der Waals surface area contributed by atoms with E-state index in [2.05, 4.69) is 0 Å². The molecular weight excluding hydrogens is 219 g/mol. The van der Waals surface area contributed by atoms with Gasteiger partial charge in [0.2, 0.25) is 0 Å². The van der Waals surface area contributed by atoms with Crippen LogP contribution in [-0.2, 0) is 59.5 Å². The second-order valence-corrected chi connectivity index (χ2v) is 0. The van der Waals surface area contributed by atoms with Gasteiger partial charge in [-0.25, -0.2) is 0 Å². The minimum atomic E-state index is 0. The van der Waals surface area contributed by atoms with Gasteiger partial charge >= 0.3 is 37.6 Å². The Balaban J connectivity index is 0. The van der Waals surface area contributed by atoms with Crippen LogP contribution in [0.15, 0.2) is 0 Å². The molecule has 0 aromatic rings. The molecule has 0 aliphatic carbocycles. The molecule has 0 spiro atoms. The van der Waals surface area contributed by atoms with Crippen molar-refractivity contribution in [1.29, 1.82) is 0 Å². The van der Waals surface area contributed by atoms with Crippen LogP contribution in [0.4, 0.5) is 0 Å². The molecule has 0 amide bonds. The maximum Gasteiger partial charge on any atom is 6.00 e. The molecule has 0 fully saturated rings. The Morgan fingerprint density at radius 2 is 0.500 bits per heavy atom. The van der Waals surface area contributed by atoms with E-state index in [1.807, 2.05) is 0 Å². The fourth-order valence-corrected chi connectivity index (χ4v) is 0. The summed E-state index contributed by atoms with van der Waals surface area (Å²) >= 11 is 0. The molecule has 0 aromatic heterocycles. The summed E-state index contributed by atoms with van der Waals surface area (Å²) in [5.41, 5.74) is 0. The van der Waals surface area contributed by atoms with Crippen molar-refractivity contribution in [3.63, 3.8) is 0 Å². The zero-order valence-electron chi connectivity index (χ0n) is 2.36. The van der Waals surface area contributed by atoms with E-state index < -0.39 is 0 Å². The van der Waals surface area contributed by atoms with Crippen molar-refractivity contribution in [2.24, 2.45) is 0 Å². The number of rotatable bonds is 0. The minimum absolute atomic E-state index is 0. The average Bonchev–Trinajstić information content (AvgIpc) is 0. The normalized spacial score (nSPS) is 0. The topological polar surface area (TPSA) is 114 Å². The first-order chi connectivity index (χ1) is 0. The van der Waals surface area contributed by atoms with E-state index in [9.17, 15) is 0 Å². The summed E-state index contributed by atoms with van der Waals surface area (Å²) in [6.07, 6.45) is 0. The largest absolute Gasteiger partial charge is 6.00 e. The molecule has 0 aliphatic heterocycles. The first-order valence-corrected chi connectivity index (χ1v) is 0. The zero-order chi connectivity index (χ0) is 0. The quantitative estimate of drug-likeness (QED) is 0.489. The van der Waals surface area contributed by atoms with Crippen LogP contribution in [-0.4, -0.2) is 0 Å². The molecule has 0 aliphatic rings. The van der Waals surface area contributed by atoms with E-state index in [1.54, 1.807) is 0 Å². The molecule has 0 saturated carbocycles. The van der Waals surface area contributed by atoms with Crippen molar-refractivity contribution < 1.29 is 59.5 Å². The Kier molecular flexibility index (Phi) is 5910. The molecule has 4 nitrogen and oxygen atoms in total. The van der Waals surface area contributed by atoms with Gasteiger partial charge in [0.25, 0.3) is 0 Å². The van der Waals surface area contributed by atoms with Crippen LogP contribution in [0.5, 0.6) is 0 Å². The molecule has 6 heavy (non-hydrogen) atoms. The summed E-state index contributed by atoms with van der Waals surface area (Å²) in [6.45, 7) is 0. The fourth-order valence-electron chi connectivity index (χ4n) is 0. The maximum atomic E-state index is 0. The van der Waals surface area contributed by atoms with E-state index in [1.165, 1.54) is 0 Å². The summed E-state index contributed by atoms with van der Waals surface area (Å²) in [7, 11) is 0. The summed E-state index contributed by atoms with van der Waals surface area (Å²) in [5, 5.41) is 0. The second kappa shape index (κ2) is 145. The number of hydrogen-bond acceptors (Lipinski definition) is 0. The smallest absolute Gasteiger partial charge is 2.00 e. The molecular formula is MoNiO4. The number of hydrogen-bond donors (Lipinski definition) is 0. The standard InChI is InChI=1S/Mo.Ni.4O/q+6;+2;4*-2. The Bertz CT molecular complexity index is 7.51. The third-order valence-electron chi connectivity index (χ3n) is 0. The molecule has 6 heteroatoms. The molecule has 0 heterocycles. The van der Waals surface area contributed by atoms with Gasteiger partial charge in [-0.1, -0.05) is 0 Å². The molecule has 0 atom stereocenters. The van der Waals surface area contributed by atoms with E-state index in [0.717, 1.165) is 0 Å². The van der Waals surface area contributed by atoms with E-state index in [4.69, 9.17) is 0 Å². The Labute approximate surface area is 59.7 Å². The van der Waals surface area contributed by atoms with Crippen molar-refractivity contribution >= 4 is 0 Å². The van der Waals surface area contributed by atoms with Crippen LogP contribution in [0.2, 0.25) is 0 Å². The average molecular weight is 219 g/mol. The van der Waals surface area contributed by atoms with Crippen molar-refractivity contribution in [3.05, 3.63) is 0 Å². The van der Waals surface area contributed by atoms with Crippen molar-refractivity contribution in [3.8, 4) is 0 Å². The molecule has 0 aromatic carbocycles. The monoisotopic (exact) mass is 220 g/mol. The summed E-state index contributed by atoms with van der Waals surface area (Å²) in [4.78, 5) is 0. The van der Waals surface area contributed by atoms with Crippen LogP contribution < -0.4 is 0 Å². The molecule has 0 rings (SSSR count). The van der Waals surface area contributed by atoms with Gasteiger partial charge < -0.3 is 21.9 Å². The van der Waals surface area contributed by atoms with Gasteiger partial charge in [-0.3, -0.25) is 0 Å². The molecule has 0 saturated heterocycles. The zero-order valence-corrected chi connectivity index (χ0v) is 5.35. The van der Waals surface area contributed by atoms with Gasteiger partial charge in [0.15, 0.2) is 0 Å². The maximum absolute atomic E-state index is 0. The van der Waals surface area contributed by atoms with Gasteiger partial charge in [-0.15, -0.1) is 0 Å². The van der Waals surface area contributed by atoms with Gasteiger partial charge in [0, 0.05) is 0 Å². The second-order valence-electron chi connectivity index (χ2n) is 0. The van der Waals surface area contributed by atoms with Crippen LogP contribution >= 0.6 is 0 Å². The third kappa shape index (κ3) is 77.8. The van der Waals surface area contributed by atoms with Crippen LogP contribution in [0, 0.1) is 0 Å². The Morgan fingerprint density at radius 1 is 0.500 bits per heavy atom. The molecule has 0 unspecified atom stereocenters. The van der Waals surface area contributed by atoms with Crippen molar-refractivity contribution in [1.82, 2.24) is 0 Å². The van der Waals surface area contributed by atoms with Crippen molar-refractivity contribution in [2.45, 2.75) is 0 Å². The van der Waals surface area contributed by atoms with Crippen LogP contribution in [0.1, 0.15) is 0 Å². The Morgan fingerprint density at radius 3 is 0.500 bits per heavy atom. The molecule has 0 radical (unpaired) electrons. The van der Waals surface area contributed by atoms with Gasteiger partial charge in [0.05, 0.1) is 0 Å². The molecule has 0 bridgehead atoms. The van der Waals surface area contributed by atoms with E-state index in [-0.39, 0.29) is 59.5 Å². The third-order valence-corrected chi connectivity index (χ3v) is 0. The van der Waals surface area contributed by atoms with Gasteiger partial charge in [0.1, 0.15) is 0 Å². The van der Waals surface area contributed by atoms with Crippen LogP contribution in [0.25, 0.3) is 0 Å².